The Hall–Kier alpha value is -0.730. The van der Waals surface area contributed by atoms with E-state index in [-0.39, 0.29) is 0 Å². The molecule has 0 fully saturated rings. The predicted molar refractivity (Wildman–Crippen MR) is 58.7 cm³/mol. The van der Waals surface area contributed by atoms with Crippen LogP contribution in [0.5, 0.6) is 0 Å². The molecule has 0 spiro atoms. The fraction of sp³-hybridized carbons (Fsp3) is 0.273. The molecule has 1 nitrogen and oxygen atoms in total. The minimum atomic E-state index is 1.19. The molecular formula is C11H13NS. The Morgan fingerprint density at radius 1 is 1.38 bits per heavy atom. The van der Waals surface area contributed by atoms with E-state index < -0.39 is 0 Å². The second-order valence-electron chi connectivity index (χ2n) is 3.11. The highest BCUT2D eigenvalue weighted by Gasteiger charge is 2.04. The quantitative estimate of drug-likeness (QED) is 0.721. The van der Waals surface area contributed by atoms with Crippen molar-refractivity contribution in [3.8, 4) is 0 Å². The van der Waals surface area contributed by atoms with Crippen LogP contribution in [0.25, 0.3) is 6.08 Å². The molecule has 0 atom stereocenters. The zero-order chi connectivity index (χ0) is 9.10. The third-order valence-electron chi connectivity index (χ3n) is 2.22. The lowest BCUT2D eigenvalue weighted by molar-refractivity contribution is 0.981. The van der Waals surface area contributed by atoms with Gasteiger partial charge in [0.25, 0.3) is 0 Å². The summed E-state index contributed by atoms with van der Waals surface area (Å²) in [5.74, 6) is 0. The number of fused-ring (bicyclic) bond motifs is 1. The molecule has 1 aromatic carbocycles. The highest BCUT2D eigenvalue weighted by atomic mass is 32.2. The Morgan fingerprint density at radius 2 is 2.31 bits per heavy atom. The SMILES string of the molecule is CNSc1ccc2c(c1)C=CCC2. The van der Waals surface area contributed by atoms with E-state index in [0.717, 1.165) is 0 Å². The van der Waals surface area contributed by atoms with Crippen molar-refractivity contribution in [2.24, 2.45) is 0 Å². The summed E-state index contributed by atoms with van der Waals surface area (Å²) in [5.41, 5.74) is 2.86. The minimum Gasteiger partial charge on any atom is -0.263 e. The van der Waals surface area contributed by atoms with E-state index in [1.165, 1.54) is 28.9 Å². The number of hydrogen-bond acceptors (Lipinski definition) is 2. The van der Waals surface area contributed by atoms with Crippen LogP contribution in [0.1, 0.15) is 17.5 Å². The van der Waals surface area contributed by atoms with Gasteiger partial charge in [-0.1, -0.05) is 18.2 Å². The Labute approximate surface area is 83.4 Å². The first-order chi connectivity index (χ1) is 6.40. The lowest BCUT2D eigenvalue weighted by Crippen LogP contribution is -1.96. The van der Waals surface area contributed by atoms with Crippen LogP contribution in [0.2, 0.25) is 0 Å². The van der Waals surface area contributed by atoms with Crippen molar-refractivity contribution in [2.75, 3.05) is 7.05 Å². The van der Waals surface area contributed by atoms with Crippen molar-refractivity contribution in [1.82, 2.24) is 4.72 Å². The number of allylic oxidation sites excluding steroid dienone is 1. The normalized spacial score (nSPS) is 14.2. The maximum Gasteiger partial charge on any atom is 0.0234 e. The molecule has 0 bridgehead atoms. The molecule has 2 rings (SSSR count). The number of hydrogen-bond donors (Lipinski definition) is 1. The number of rotatable bonds is 2. The predicted octanol–water partition coefficient (Wildman–Crippen LogP) is 2.87. The van der Waals surface area contributed by atoms with Gasteiger partial charge in [0.05, 0.1) is 0 Å². The average molecular weight is 191 g/mol. The maximum atomic E-state index is 3.08. The molecule has 0 aromatic heterocycles. The van der Waals surface area contributed by atoms with Crippen LogP contribution in [0, 0.1) is 0 Å². The van der Waals surface area contributed by atoms with Gasteiger partial charge in [-0.05, 0) is 55.1 Å². The van der Waals surface area contributed by atoms with Crippen molar-refractivity contribution >= 4 is 18.0 Å². The van der Waals surface area contributed by atoms with Crippen LogP contribution in [-0.2, 0) is 6.42 Å². The third kappa shape index (κ3) is 1.95. The van der Waals surface area contributed by atoms with Gasteiger partial charge < -0.3 is 0 Å². The summed E-state index contributed by atoms with van der Waals surface area (Å²) in [4.78, 5) is 1.28. The smallest absolute Gasteiger partial charge is 0.0234 e. The first-order valence-electron chi connectivity index (χ1n) is 4.53. The summed E-state index contributed by atoms with van der Waals surface area (Å²) < 4.78 is 3.08. The molecule has 0 saturated heterocycles. The van der Waals surface area contributed by atoms with Crippen LogP contribution in [0.4, 0.5) is 0 Å². The van der Waals surface area contributed by atoms with Crippen LogP contribution in [0.15, 0.2) is 29.2 Å². The highest BCUT2D eigenvalue weighted by Crippen LogP contribution is 2.24. The van der Waals surface area contributed by atoms with Gasteiger partial charge in [-0.3, -0.25) is 4.72 Å². The van der Waals surface area contributed by atoms with Crippen molar-refractivity contribution in [3.63, 3.8) is 0 Å². The van der Waals surface area contributed by atoms with E-state index in [4.69, 9.17) is 0 Å². The van der Waals surface area contributed by atoms with Crippen LogP contribution in [0.3, 0.4) is 0 Å². The molecular weight excluding hydrogens is 178 g/mol. The monoisotopic (exact) mass is 191 g/mol. The maximum absolute atomic E-state index is 3.08. The molecule has 2 heteroatoms. The molecule has 68 valence electrons. The van der Waals surface area contributed by atoms with Gasteiger partial charge in [0.15, 0.2) is 0 Å². The van der Waals surface area contributed by atoms with Crippen molar-refractivity contribution in [1.29, 1.82) is 0 Å². The second-order valence-corrected chi connectivity index (χ2v) is 4.19. The highest BCUT2D eigenvalue weighted by molar-refractivity contribution is 7.97. The summed E-state index contributed by atoms with van der Waals surface area (Å²) in [5, 5.41) is 0. The summed E-state index contributed by atoms with van der Waals surface area (Å²) in [6, 6.07) is 6.66. The molecule has 1 N–H and O–H groups in total. The Balaban J connectivity index is 2.31. The van der Waals surface area contributed by atoms with Gasteiger partial charge in [0, 0.05) is 4.90 Å². The zero-order valence-corrected chi connectivity index (χ0v) is 8.53. The fourth-order valence-electron chi connectivity index (χ4n) is 1.59. The summed E-state index contributed by atoms with van der Waals surface area (Å²) in [6.45, 7) is 0. The minimum absolute atomic E-state index is 1.19. The molecule has 1 aliphatic rings. The molecule has 0 radical (unpaired) electrons. The molecule has 1 aromatic rings. The van der Waals surface area contributed by atoms with Gasteiger partial charge in [-0.25, -0.2) is 0 Å². The zero-order valence-electron chi connectivity index (χ0n) is 7.71. The van der Waals surface area contributed by atoms with E-state index in [0.29, 0.717) is 0 Å². The van der Waals surface area contributed by atoms with Gasteiger partial charge in [0.1, 0.15) is 0 Å². The summed E-state index contributed by atoms with van der Waals surface area (Å²) >= 11 is 1.66. The molecule has 0 unspecified atom stereocenters. The van der Waals surface area contributed by atoms with E-state index in [2.05, 4.69) is 35.1 Å². The van der Waals surface area contributed by atoms with Crippen molar-refractivity contribution in [2.45, 2.75) is 17.7 Å². The fourth-order valence-corrected chi connectivity index (χ4v) is 2.14. The summed E-state index contributed by atoms with van der Waals surface area (Å²) in [6.07, 6.45) is 6.84. The number of aryl methyl sites for hydroxylation is 1. The first-order valence-corrected chi connectivity index (χ1v) is 5.35. The van der Waals surface area contributed by atoms with Gasteiger partial charge >= 0.3 is 0 Å². The molecule has 1 aliphatic carbocycles. The van der Waals surface area contributed by atoms with Crippen LogP contribution >= 0.6 is 11.9 Å². The molecule has 13 heavy (non-hydrogen) atoms. The third-order valence-corrected chi connectivity index (χ3v) is 2.91. The lowest BCUT2D eigenvalue weighted by atomic mass is 9.98. The molecule has 0 saturated carbocycles. The molecule has 0 aliphatic heterocycles. The average Bonchev–Trinajstić information content (AvgIpc) is 2.18. The largest absolute Gasteiger partial charge is 0.263 e. The Morgan fingerprint density at radius 3 is 3.15 bits per heavy atom. The van der Waals surface area contributed by atoms with Crippen LogP contribution in [-0.4, -0.2) is 7.05 Å². The van der Waals surface area contributed by atoms with Crippen molar-refractivity contribution in [3.05, 3.63) is 35.4 Å². The second kappa shape index (κ2) is 3.99. The van der Waals surface area contributed by atoms with E-state index in [9.17, 15) is 0 Å². The number of benzene rings is 1. The van der Waals surface area contributed by atoms with Crippen molar-refractivity contribution < 1.29 is 0 Å². The topological polar surface area (TPSA) is 12.0 Å². The van der Waals surface area contributed by atoms with Gasteiger partial charge in [-0.2, -0.15) is 0 Å². The Kier molecular flexibility index (Phi) is 2.71. The van der Waals surface area contributed by atoms with Gasteiger partial charge in [0.2, 0.25) is 0 Å². The Bertz CT molecular complexity index is 331. The van der Waals surface area contributed by atoms with Crippen LogP contribution < -0.4 is 4.72 Å². The van der Waals surface area contributed by atoms with E-state index in [1.54, 1.807) is 11.9 Å². The standard InChI is InChI=1S/C11H13NS/c1-12-13-11-7-6-9-4-2-3-5-10(9)8-11/h3,5-8,12H,2,4H2,1H3. The van der Waals surface area contributed by atoms with E-state index >= 15 is 0 Å². The van der Waals surface area contributed by atoms with E-state index in [1.807, 2.05) is 7.05 Å². The lowest BCUT2D eigenvalue weighted by Gasteiger charge is -2.11. The molecule has 0 heterocycles. The summed E-state index contributed by atoms with van der Waals surface area (Å²) in [7, 11) is 1.94. The number of nitrogens with one attached hydrogen (secondary N) is 1. The van der Waals surface area contributed by atoms with Gasteiger partial charge in [-0.15, -0.1) is 0 Å². The first kappa shape index (κ1) is 8.85. The molecule has 0 amide bonds.